The van der Waals surface area contributed by atoms with E-state index in [9.17, 15) is 8.42 Å². The van der Waals surface area contributed by atoms with Crippen molar-refractivity contribution < 1.29 is 8.42 Å². The van der Waals surface area contributed by atoms with Gasteiger partial charge in [-0.05, 0) is 30.7 Å². The highest BCUT2D eigenvalue weighted by atomic mass is 32.2. The van der Waals surface area contributed by atoms with E-state index in [1.807, 2.05) is 6.92 Å². The van der Waals surface area contributed by atoms with Crippen LogP contribution in [0.2, 0.25) is 0 Å². The summed E-state index contributed by atoms with van der Waals surface area (Å²) in [7, 11) is -3.69. The fraction of sp³-hybridized carbons (Fsp3) is 0.111. The lowest BCUT2D eigenvalue weighted by Crippen LogP contribution is -2.13. The predicted octanol–water partition coefficient (Wildman–Crippen LogP) is 3.12. The molecule has 0 saturated heterocycles. The predicted molar refractivity (Wildman–Crippen MR) is 84.3 cm³/mol. The molecule has 2 rings (SSSR count). The van der Waals surface area contributed by atoms with E-state index in [-0.39, 0.29) is 4.90 Å². The van der Waals surface area contributed by atoms with E-state index in [0.717, 1.165) is 5.56 Å². The van der Waals surface area contributed by atoms with E-state index >= 15 is 0 Å². The standard InChI is InChI=1S/C18H14O2S/c1-4-15-8-6-7-9-17(15)18(5-2)21(19,20)16-12-10-14(3)11-13-16/h1-2,6-13,18H,3H3. The van der Waals surface area contributed by atoms with Gasteiger partial charge in [-0.15, -0.1) is 12.8 Å². The quantitative estimate of drug-likeness (QED) is 0.815. The first-order valence-corrected chi connectivity index (χ1v) is 7.87. The largest absolute Gasteiger partial charge is 0.222 e. The molecule has 0 radical (unpaired) electrons. The molecule has 1 unspecified atom stereocenters. The van der Waals surface area contributed by atoms with Crippen molar-refractivity contribution in [2.24, 2.45) is 0 Å². The molecule has 2 aromatic rings. The van der Waals surface area contributed by atoms with Crippen molar-refractivity contribution in [2.45, 2.75) is 17.1 Å². The molecule has 2 nitrogen and oxygen atoms in total. The van der Waals surface area contributed by atoms with Crippen LogP contribution in [-0.2, 0) is 9.84 Å². The molecule has 0 amide bonds. The normalized spacial score (nSPS) is 12.1. The van der Waals surface area contributed by atoms with Crippen molar-refractivity contribution in [2.75, 3.05) is 0 Å². The molecule has 0 spiro atoms. The molecule has 0 saturated carbocycles. The van der Waals surface area contributed by atoms with Crippen LogP contribution in [0.15, 0.2) is 53.4 Å². The Morgan fingerprint density at radius 1 is 1.00 bits per heavy atom. The zero-order chi connectivity index (χ0) is 15.5. The highest BCUT2D eigenvalue weighted by molar-refractivity contribution is 7.92. The second-order valence-electron chi connectivity index (χ2n) is 4.64. The average molecular weight is 294 g/mol. The Bertz CT molecular complexity index is 832. The minimum absolute atomic E-state index is 0.197. The van der Waals surface area contributed by atoms with Crippen LogP contribution in [-0.4, -0.2) is 8.42 Å². The lowest BCUT2D eigenvalue weighted by molar-refractivity contribution is 0.591. The molecule has 0 aliphatic carbocycles. The van der Waals surface area contributed by atoms with Crippen LogP contribution in [0.3, 0.4) is 0 Å². The van der Waals surface area contributed by atoms with Crippen molar-refractivity contribution >= 4 is 9.84 Å². The molecule has 0 heterocycles. The summed E-state index contributed by atoms with van der Waals surface area (Å²) in [6, 6.07) is 13.4. The number of benzene rings is 2. The Hall–Kier alpha value is -2.49. The summed E-state index contributed by atoms with van der Waals surface area (Å²) in [5.41, 5.74) is 1.94. The van der Waals surface area contributed by atoms with Gasteiger partial charge in [-0.2, -0.15) is 0 Å². The number of aryl methyl sites for hydroxylation is 1. The second kappa shape index (κ2) is 5.87. The number of rotatable bonds is 3. The van der Waals surface area contributed by atoms with Crippen LogP contribution in [0.1, 0.15) is 21.9 Å². The lowest BCUT2D eigenvalue weighted by atomic mass is 10.1. The minimum Gasteiger partial charge on any atom is -0.222 e. The van der Waals surface area contributed by atoms with E-state index in [1.54, 1.807) is 48.5 Å². The number of hydrogen-bond acceptors (Lipinski definition) is 2. The van der Waals surface area contributed by atoms with E-state index in [2.05, 4.69) is 11.8 Å². The number of terminal acetylenes is 2. The highest BCUT2D eigenvalue weighted by Gasteiger charge is 2.28. The van der Waals surface area contributed by atoms with Crippen molar-refractivity contribution in [1.29, 1.82) is 0 Å². The maximum atomic E-state index is 12.7. The molecular weight excluding hydrogens is 280 g/mol. The molecule has 3 heteroatoms. The van der Waals surface area contributed by atoms with Crippen LogP contribution < -0.4 is 0 Å². The summed E-state index contributed by atoms with van der Waals surface area (Å²) >= 11 is 0. The fourth-order valence-electron chi connectivity index (χ4n) is 2.07. The topological polar surface area (TPSA) is 34.1 Å². The Balaban J connectivity index is 2.59. The van der Waals surface area contributed by atoms with Crippen LogP contribution in [0.25, 0.3) is 0 Å². The Labute approximate surface area is 125 Å². The number of sulfone groups is 1. The smallest absolute Gasteiger partial charge is 0.196 e. The van der Waals surface area contributed by atoms with Gasteiger partial charge in [-0.25, -0.2) is 8.42 Å². The third-order valence-corrected chi connectivity index (χ3v) is 5.15. The molecule has 0 N–H and O–H groups in total. The molecule has 21 heavy (non-hydrogen) atoms. The Morgan fingerprint density at radius 2 is 1.62 bits per heavy atom. The van der Waals surface area contributed by atoms with Crippen LogP contribution >= 0.6 is 0 Å². The Kier molecular flexibility index (Phi) is 4.17. The maximum Gasteiger partial charge on any atom is 0.196 e. The highest BCUT2D eigenvalue weighted by Crippen LogP contribution is 2.30. The Morgan fingerprint density at radius 3 is 2.19 bits per heavy atom. The monoisotopic (exact) mass is 294 g/mol. The first-order chi connectivity index (χ1) is 10.0. The van der Waals surface area contributed by atoms with Gasteiger partial charge in [0.1, 0.15) is 0 Å². The van der Waals surface area contributed by atoms with Gasteiger partial charge in [0.05, 0.1) is 4.90 Å². The van der Waals surface area contributed by atoms with Gasteiger partial charge in [0.25, 0.3) is 0 Å². The van der Waals surface area contributed by atoms with E-state index < -0.39 is 15.1 Å². The molecule has 0 fully saturated rings. The third kappa shape index (κ3) is 2.84. The average Bonchev–Trinajstić information content (AvgIpc) is 2.48. The second-order valence-corrected chi connectivity index (χ2v) is 6.67. The van der Waals surface area contributed by atoms with Crippen molar-refractivity contribution in [3.05, 3.63) is 65.2 Å². The van der Waals surface area contributed by atoms with Gasteiger partial charge in [0.2, 0.25) is 0 Å². The van der Waals surface area contributed by atoms with E-state index in [1.165, 1.54) is 0 Å². The first kappa shape index (κ1) is 14.9. The molecule has 0 aliphatic heterocycles. The molecule has 1 atom stereocenters. The SMILES string of the molecule is C#Cc1ccccc1C(C#C)S(=O)(=O)c1ccc(C)cc1. The lowest BCUT2D eigenvalue weighted by Gasteiger charge is -2.14. The van der Waals surface area contributed by atoms with Crippen molar-refractivity contribution in [1.82, 2.24) is 0 Å². The van der Waals surface area contributed by atoms with Gasteiger partial charge in [0, 0.05) is 5.56 Å². The molecule has 104 valence electrons. The minimum atomic E-state index is -3.69. The van der Waals surface area contributed by atoms with E-state index in [4.69, 9.17) is 12.8 Å². The van der Waals surface area contributed by atoms with Crippen molar-refractivity contribution in [3.63, 3.8) is 0 Å². The summed E-state index contributed by atoms with van der Waals surface area (Å²) in [4.78, 5) is 0.197. The van der Waals surface area contributed by atoms with Crippen LogP contribution in [0, 0.1) is 31.6 Å². The molecular formula is C18H14O2S. The zero-order valence-electron chi connectivity index (χ0n) is 11.6. The number of hydrogen-bond donors (Lipinski definition) is 0. The molecule has 2 aromatic carbocycles. The first-order valence-electron chi connectivity index (χ1n) is 6.33. The maximum absolute atomic E-state index is 12.7. The van der Waals surface area contributed by atoms with Crippen LogP contribution in [0.5, 0.6) is 0 Å². The van der Waals surface area contributed by atoms with Gasteiger partial charge < -0.3 is 0 Å². The van der Waals surface area contributed by atoms with Gasteiger partial charge in [-0.1, -0.05) is 47.7 Å². The molecule has 0 aromatic heterocycles. The van der Waals surface area contributed by atoms with E-state index in [0.29, 0.717) is 11.1 Å². The van der Waals surface area contributed by atoms with Gasteiger partial charge >= 0.3 is 0 Å². The fourth-order valence-corrected chi connectivity index (χ4v) is 3.57. The van der Waals surface area contributed by atoms with Gasteiger partial charge in [-0.3, -0.25) is 0 Å². The molecule has 0 aliphatic rings. The van der Waals surface area contributed by atoms with Crippen LogP contribution in [0.4, 0.5) is 0 Å². The van der Waals surface area contributed by atoms with Crippen molar-refractivity contribution in [3.8, 4) is 24.7 Å². The third-order valence-electron chi connectivity index (χ3n) is 3.21. The molecule has 0 bridgehead atoms. The summed E-state index contributed by atoms with van der Waals surface area (Å²) in [5.74, 6) is 4.85. The summed E-state index contributed by atoms with van der Waals surface area (Å²) in [5, 5.41) is -1.09. The zero-order valence-corrected chi connectivity index (χ0v) is 12.4. The van der Waals surface area contributed by atoms with Gasteiger partial charge in [0.15, 0.2) is 15.1 Å². The summed E-state index contributed by atoms with van der Waals surface area (Å²) in [6.07, 6.45) is 10.9. The summed E-state index contributed by atoms with van der Waals surface area (Å²) < 4.78 is 25.5. The summed E-state index contributed by atoms with van der Waals surface area (Å²) in [6.45, 7) is 1.89.